The van der Waals surface area contributed by atoms with Gasteiger partial charge in [-0.3, -0.25) is 0 Å². The van der Waals surface area contributed by atoms with Crippen molar-refractivity contribution in [3.05, 3.63) is 34.4 Å². The lowest BCUT2D eigenvalue weighted by molar-refractivity contribution is 0.0607. The van der Waals surface area contributed by atoms with Crippen LogP contribution in [0.2, 0.25) is 5.02 Å². The maximum Gasteiger partial charge on any atom is 0.142 e. The predicted molar refractivity (Wildman–Crippen MR) is 70.9 cm³/mol. The van der Waals surface area contributed by atoms with Crippen LogP contribution in [-0.4, -0.2) is 11.2 Å². The molecule has 106 valence electrons. The highest BCUT2D eigenvalue weighted by Gasteiger charge is 2.31. The molecule has 1 fully saturated rings. The molecule has 0 radical (unpaired) electrons. The molecule has 1 aromatic carbocycles. The van der Waals surface area contributed by atoms with E-state index in [1.54, 1.807) is 0 Å². The fourth-order valence-electron chi connectivity index (χ4n) is 2.79. The van der Waals surface area contributed by atoms with Crippen molar-refractivity contribution in [3.8, 4) is 0 Å². The molecule has 1 saturated carbocycles. The van der Waals surface area contributed by atoms with Crippen LogP contribution in [0, 0.1) is 17.6 Å². The van der Waals surface area contributed by atoms with Crippen LogP contribution in [-0.2, 0) is 0 Å². The fourth-order valence-corrected chi connectivity index (χ4v) is 3.07. The van der Waals surface area contributed by atoms with Crippen molar-refractivity contribution in [2.24, 2.45) is 11.7 Å². The Balaban J connectivity index is 2.23. The number of aliphatic hydroxyl groups is 1. The lowest BCUT2D eigenvalue weighted by atomic mass is 9.81. The van der Waals surface area contributed by atoms with Gasteiger partial charge in [0.2, 0.25) is 0 Å². The van der Waals surface area contributed by atoms with Gasteiger partial charge >= 0.3 is 0 Å². The van der Waals surface area contributed by atoms with Gasteiger partial charge in [0, 0.05) is 5.56 Å². The Morgan fingerprint density at radius 3 is 2.37 bits per heavy atom. The second kappa shape index (κ2) is 6.16. The van der Waals surface area contributed by atoms with Crippen molar-refractivity contribution >= 4 is 11.6 Å². The van der Waals surface area contributed by atoms with E-state index in [1.807, 2.05) is 0 Å². The highest BCUT2D eigenvalue weighted by molar-refractivity contribution is 6.31. The van der Waals surface area contributed by atoms with Crippen LogP contribution in [0.15, 0.2) is 12.1 Å². The van der Waals surface area contributed by atoms with Crippen LogP contribution in [0.25, 0.3) is 0 Å². The Bertz CT molecular complexity index is 449. The summed E-state index contributed by atoms with van der Waals surface area (Å²) in [6.07, 6.45) is 4.05. The van der Waals surface area contributed by atoms with Gasteiger partial charge in [0.25, 0.3) is 0 Å². The summed E-state index contributed by atoms with van der Waals surface area (Å²) in [5.41, 5.74) is 5.77. The van der Waals surface area contributed by atoms with E-state index < -0.39 is 23.8 Å². The highest BCUT2D eigenvalue weighted by Crippen LogP contribution is 2.35. The average Bonchev–Trinajstić information content (AvgIpc) is 2.43. The Hall–Kier alpha value is -0.710. The van der Waals surface area contributed by atoms with E-state index in [0.29, 0.717) is 0 Å². The van der Waals surface area contributed by atoms with E-state index in [2.05, 4.69) is 0 Å². The maximum absolute atomic E-state index is 13.8. The SMILES string of the molecule is N[C@@H](c1c(F)ccc(F)c1Cl)[C@H](O)C1CCCCC1. The van der Waals surface area contributed by atoms with Crippen molar-refractivity contribution in [3.63, 3.8) is 0 Å². The topological polar surface area (TPSA) is 46.2 Å². The molecule has 3 N–H and O–H groups in total. The van der Waals surface area contributed by atoms with E-state index in [-0.39, 0.29) is 16.5 Å². The molecule has 0 spiro atoms. The van der Waals surface area contributed by atoms with Crippen molar-refractivity contribution in [1.82, 2.24) is 0 Å². The third kappa shape index (κ3) is 3.07. The number of aliphatic hydroxyl groups excluding tert-OH is 1. The average molecular weight is 290 g/mol. The zero-order valence-corrected chi connectivity index (χ0v) is 11.3. The van der Waals surface area contributed by atoms with Crippen molar-refractivity contribution in [2.45, 2.75) is 44.2 Å². The molecule has 1 aliphatic rings. The van der Waals surface area contributed by atoms with Gasteiger partial charge in [0.1, 0.15) is 11.6 Å². The van der Waals surface area contributed by atoms with Crippen molar-refractivity contribution in [2.75, 3.05) is 0 Å². The number of nitrogens with two attached hydrogens (primary N) is 1. The minimum atomic E-state index is -0.994. The molecule has 2 atom stereocenters. The molecule has 0 saturated heterocycles. The quantitative estimate of drug-likeness (QED) is 0.836. The van der Waals surface area contributed by atoms with E-state index in [1.165, 1.54) is 0 Å². The molecule has 0 aromatic heterocycles. The summed E-state index contributed by atoms with van der Waals surface area (Å²) in [6.45, 7) is 0. The monoisotopic (exact) mass is 289 g/mol. The molecule has 5 heteroatoms. The predicted octanol–water partition coefficient (Wildman–Crippen LogP) is 3.56. The van der Waals surface area contributed by atoms with E-state index >= 15 is 0 Å². The maximum atomic E-state index is 13.8. The van der Waals surface area contributed by atoms with Gasteiger partial charge in [-0.25, -0.2) is 8.78 Å². The van der Waals surface area contributed by atoms with Gasteiger partial charge in [-0.15, -0.1) is 0 Å². The second-order valence-electron chi connectivity index (χ2n) is 5.17. The first-order valence-corrected chi connectivity index (χ1v) is 6.97. The molecule has 1 aliphatic carbocycles. The highest BCUT2D eigenvalue weighted by atomic mass is 35.5. The van der Waals surface area contributed by atoms with E-state index in [9.17, 15) is 13.9 Å². The molecule has 0 unspecified atom stereocenters. The normalized spacial score (nSPS) is 20.3. The Morgan fingerprint density at radius 2 is 1.74 bits per heavy atom. The zero-order chi connectivity index (χ0) is 14.0. The summed E-state index contributed by atoms with van der Waals surface area (Å²) in [7, 11) is 0. The number of halogens is 3. The van der Waals surface area contributed by atoms with Gasteiger partial charge in [-0.05, 0) is 30.9 Å². The van der Waals surface area contributed by atoms with E-state index in [0.717, 1.165) is 44.2 Å². The first-order chi connectivity index (χ1) is 9.02. The molecule has 0 aliphatic heterocycles. The van der Waals surface area contributed by atoms with Gasteiger partial charge in [0.15, 0.2) is 0 Å². The smallest absolute Gasteiger partial charge is 0.142 e. The molecular weight excluding hydrogens is 272 g/mol. The molecular formula is C14H18ClF2NO. The Morgan fingerprint density at radius 1 is 1.16 bits per heavy atom. The minimum Gasteiger partial charge on any atom is -0.391 e. The van der Waals surface area contributed by atoms with Gasteiger partial charge in [0.05, 0.1) is 17.2 Å². The number of hydrogen-bond acceptors (Lipinski definition) is 2. The third-order valence-electron chi connectivity index (χ3n) is 3.91. The van der Waals surface area contributed by atoms with Crippen LogP contribution in [0.1, 0.15) is 43.7 Å². The van der Waals surface area contributed by atoms with Crippen LogP contribution in [0.4, 0.5) is 8.78 Å². The van der Waals surface area contributed by atoms with Gasteiger partial charge in [-0.2, -0.15) is 0 Å². The molecule has 2 rings (SSSR count). The van der Waals surface area contributed by atoms with E-state index in [4.69, 9.17) is 17.3 Å². The van der Waals surface area contributed by atoms with Crippen molar-refractivity contribution in [1.29, 1.82) is 0 Å². The lowest BCUT2D eigenvalue weighted by Crippen LogP contribution is -2.35. The van der Waals surface area contributed by atoms with Crippen LogP contribution in [0.3, 0.4) is 0 Å². The summed E-state index contributed by atoms with van der Waals surface area (Å²) in [5.74, 6) is -1.36. The standard InChI is InChI=1S/C14H18ClF2NO/c15-12-10(17)7-6-9(16)11(12)13(18)14(19)8-4-2-1-3-5-8/h6-8,13-14,19H,1-5,18H2/t13-,14+/m0/s1. The van der Waals surface area contributed by atoms with Crippen LogP contribution >= 0.6 is 11.6 Å². The summed E-state index contributed by atoms with van der Waals surface area (Å²) in [5, 5.41) is 9.93. The van der Waals surface area contributed by atoms with Crippen LogP contribution in [0.5, 0.6) is 0 Å². The van der Waals surface area contributed by atoms with Crippen LogP contribution < -0.4 is 5.73 Å². The number of benzene rings is 1. The first-order valence-electron chi connectivity index (χ1n) is 6.59. The molecule has 0 bridgehead atoms. The largest absolute Gasteiger partial charge is 0.391 e. The Kier molecular flexibility index (Phi) is 4.76. The molecule has 0 amide bonds. The molecule has 19 heavy (non-hydrogen) atoms. The summed E-state index contributed by atoms with van der Waals surface area (Å²) in [4.78, 5) is 0. The summed E-state index contributed by atoms with van der Waals surface area (Å²) >= 11 is 5.77. The summed E-state index contributed by atoms with van der Waals surface area (Å²) < 4.78 is 27.2. The molecule has 2 nitrogen and oxygen atoms in total. The molecule has 1 aromatic rings. The lowest BCUT2D eigenvalue weighted by Gasteiger charge is -2.31. The number of rotatable bonds is 3. The van der Waals surface area contributed by atoms with Gasteiger partial charge in [-0.1, -0.05) is 30.9 Å². The molecule has 0 heterocycles. The first kappa shape index (κ1) is 14.7. The Labute approximate surface area is 116 Å². The van der Waals surface area contributed by atoms with Crippen molar-refractivity contribution < 1.29 is 13.9 Å². The second-order valence-corrected chi connectivity index (χ2v) is 5.55. The van der Waals surface area contributed by atoms with Gasteiger partial charge < -0.3 is 10.8 Å². The minimum absolute atomic E-state index is 0.0301. The third-order valence-corrected chi connectivity index (χ3v) is 4.30. The fraction of sp³-hybridized carbons (Fsp3) is 0.571. The number of hydrogen-bond donors (Lipinski definition) is 2. The summed E-state index contributed by atoms with van der Waals surface area (Å²) in [6, 6.07) is 0.955. The zero-order valence-electron chi connectivity index (χ0n) is 10.6.